The van der Waals surface area contributed by atoms with Gasteiger partial charge < -0.3 is 43.8 Å². The lowest BCUT2D eigenvalue weighted by Crippen LogP contribution is -2.50. The Kier molecular flexibility index (Phi) is 71.7. The molecule has 0 N–H and O–H groups in total. The average Bonchev–Trinajstić information content (AvgIpc) is 1.04. The van der Waals surface area contributed by atoms with Crippen LogP contribution < -0.4 is 0 Å². The molecule has 0 bridgehead atoms. The highest BCUT2D eigenvalue weighted by molar-refractivity contribution is 6.24. The summed E-state index contributed by atoms with van der Waals surface area (Å²) in [7, 11) is 1.99. The Labute approximate surface area is 750 Å². The summed E-state index contributed by atoms with van der Waals surface area (Å²) >= 11 is 0. The molecule has 0 saturated carbocycles. The zero-order valence-electron chi connectivity index (χ0n) is 83.2. The summed E-state index contributed by atoms with van der Waals surface area (Å²) in [6.45, 7) is 84.8. The van der Waals surface area contributed by atoms with Crippen LogP contribution in [0.2, 0.25) is 0 Å². The number of piperazine rings is 2. The highest BCUT2D eigenvalue weighted by Crippen LogP contribution is 2.18. The average molecular weight is 1700 g/mol. The van der Waals surface area contributed by atoms with Gasteiger partial charge >= 0.3 is 0 Å². The second-order valence-corrected chi connectivity index (χ2v) is 41.3. The topological polar surface area (TPSA) is 126 Å². The molecule has 2 amide bonds. The lowest BCUT2D eigenvalue weighted by Gasteiger charge is -2.35. The molecule has 9 saturated heterocycles. The van der Waals surface area contributed by atoms with Gasteiger partial charge in [-0.25, -0.2) is 0 Å². The van der Waals surface area contributed by atoms with Crippen LogP contribution in [0.4, 0.5) is 0 Å². The van der Waals surface area contributed by atoms with Gasteiger partial charge in [0.25, 0.3) is 0 Å². The molecule has 0 spiro atoms. The Balaban J connectivity index is 0.00000132. The first-order valence-corrected chi connectivity index (χ1v) is 49.8. The first-order chi connectivity index (χ1) is 57.1. The number of amides is 2. The lowest BCUT2D eigenvalue weighted by molar-refractivity contribution is -0.137. The van der Waals surface area contributed by atoms with Crippen molar-refractivity contribution in [1.82, 2.24) is 58.5 Å². The Hall–Kier alpha value is -3.91. The second-order valence-electron chi connectivity index (χ2n) is 41.3. The van der Waals surface area contributed by atoms with E-state index in [1.165, 1.54) is 239 Å². The fourth-order valence-corrected chi connectivity index (χ4v) is 16.8. The first kappa shape index (κ1) is 117. The highest BCUT2D eigenvalue weighted by atomic mass is 16.2. The maximum Gasteiger partial charge on any atom is 0.236 e. The summed E-state index contributed by atoms with van der Waals surface area (Å²) in [5.41, 5.74) is 1.28. The molecule has 121 heavy (non-hydrogen) atoms. The van der Waals surface area contributed by atoms with Gasteiger partial charge in [0.1, 0.15) is 5.78 Å². The van der Waals surface area contributed by atoms with Crippen molar-refractivity contribution in [3.05, 3.63) is 60.4 Å². The van der Waals surface area contributed by atoms with Crippen LogP contribution in [-0.4, -0.2) is 285 Å². The van der Waals surface area contributed by atoms with Gasteiger partial charge in [0.2, 0.25) is 11.8 Å². The van der Waals surface area contributed by atoms with Crippen LogP contribution in [-0.2, 0) is 37.1 Å². The lowest BCUT2D eigenvalue weighted by atomic mass is 10.1. The quantitative estimate of drug-likeness (QED) is 0.0592. The van der Waals surface area contributed by atoms with Crippen LogP contribution in [0, 0.1) is 65.1 Å². The van der Waals surface area contributed by atoms with E-state index in [1.807, 2.05) is 35.0 Å². The third kappa shape index (κ3) is 69.8. The third-order valence-corrected chi connectivity index (χ3v) is 22.4. The zero-order valence-corrected chi connectivity index (χ0v) is 83.2. The molecule has 2 aromatic rings. The molecule has 708 valence electrons. The van der Waals surface area contributed by atoms with Gasteiger partial charge in [-0.15, -0.1) is 0 Å². The Morgan fingerprint density at radius 3 is 0.967 bits per heavy atom. The van der Waals surface area contributed by atoms with Crippen LogP contribution >= 0.6 is 0 Å². The summed E-state index contributed by atoms with van der Waals surface area (Å²) in [5.74, 6) is 8.97. The molecule has 1 aromatic heterocycles. The van der Waals surface area contributed by atoms with E-state index in [0.717, 1.165) is 133 Å². The first-order valence-electron chi connectivity index (χ1n) is 49.8. The van der Waals surface area contributed by atoms with E-state index in [2.05, 4.69) is 238 Å². The van der Waals surface area contributed by atoms with E-state index < -0.39 is 0 Å². The van der Waals surface area contributed by atoms with E-state index in [-0.39, 0.29) is 25.0 Å². The summed E-state index contributed by atoms with van der Waals surface area (Å²) in [5, 5.41) is 0. The highest BCUT2D eigenvalue weighted by Gasteiger charge is 2.26. The second kappa shape index (κ2) is 74.1. The number of aldehydes is 1. The van der Waals surface area contributed by atoms with Crippen molar-refractivity contribution in [2.45, 2.75) is 321 Å². The summed E-state index contributed by atoms with van der Waals surface area (Å²) in [6.07, 6.45) is 34.5. The van der Waals surface area contributed by atoms with Crippen molar-refractivity contribution in [2.24, 2.45) is 65.1 Å². The number of aromatic nitrogens is 1. The molecule has 17 nitrogen and oxygen atoms in total. The largest absolute Gasteiger partial charge is 0.354 e. The maximum absolute atomic E-state index is 12.0. The molecule has 0 unspecified atom stereocenters. The van der Waals surface area contributed by atoms with Crippen molar-refractivity contribution in [1.29, 1.82) is 0 Å². The molecule has 9 fully saturated rings. The number of piperidine rings is 6. The number of likely N-dealkylation sites (tertiary alicyclic amines) is 7. The normalized spacial score (nSPS) is 18.9. The third-order valence-electron chi connectivity index (χ3n) is 22.4. The van der Waals surface area contributed by atoms with Gasteiger partial charge in [0.05, 0.1) is 19.6 Å². The van der Waals surface area contributed by atoms with Gasteiger partial charge in [-0.3, -0.25) is 38.7 Å². The number of nitrogens with zero attached hydrogens (tertiary/aromatic N) is 12. The van der Waals surface area contributed by atoms with Crippen molar-refractivity contribution >= 4 is 29.7 Å². The Morgan fingerprint density at radius 2 is 0.645 bits per heavy atom. The SMILES string of the molecule is C.CC(C)CCCC(=O)C=O.CC(C)CCN1CCCCC1.CC(C)CN1CCCC(=O)C1.CC(C)CN1CCCC1.CC(C)CN1CCCCC1.CC(C)CN1CCCCC1.CC(C)CN1CCCCC1.CC(C)CN1CCCCC1.CC(C)CN1CCN(C)CC1=O.CC(C)CN1CCN(Cc2ccccc2)CC1=O.CC(C)Cn1cccc1. The number of hydrogen-bond acceptors (Lipinski definition) is 14. The smallest absolute Gasteiger partial charge is 0.236 e. The minimum absolute atomic E-state index is 0. The van der Waals surface area contributed by atoms with E-state index in [0.29, 0.717) is 61.8 Å². The van der Waals surface area contributed by atoms with Gasteiger partial charge in [0.15, 0.2) is 12.1 Å². The predicted octanol–water partition coefficient (Wildman–Crippen LogP) is 20.8. The standard InChI is InChI=1S/C15H22N2O.C10H21N.C9H18N2O.C9H17NO.4C9H19N.C8H17N.C8H13N.C8H14O2.CH4/c1-13(2)10-17-9-8-16(12-15(17)18)11-14-6-4-3-5-7-14;1-10(2)6-9-11-7-4-3-5-8-11;1-8(2)6-11-5-4-10(3)7-9(11)12;1-8(2)6-10-5-3-4-9(11)7-10;4*1-9(2)8-10-6-4-3-5-7-10;2*1-8(2)7-9-5-3-4-6-9;1-7(2)4-3-5-8(10)6-9;/h3-7,13H,8-12H2,1-2H3;10H,3-9H2,1-2H3;8H,4-7H2,1-3H3;8H,3-7H2,1-2H3;4*9H,3-8H2,1-2H3;8H,3-7H2,1-2H3;3-6,8H,7H2,1-2H3;6-7H,3-5H2,1-2H3;1H4. The Morgan fingerprint density at radius 1 is 0.322 bits per heavy atom. The molecule has 0 aliphatic carbocycles. The Bertz CT molecular complexity index is 2590. The monoisotopic (exact) mass is 1700 g/mol. The fraction of sp³-hybridized carbons (Fsp3) is 0.856. The van der Waals surface area contributed by atoms with E-state index in [9.17, 15) is 24.0 Å². The predicted molar refractivity (Wildman–Crippen MR) is 524 cm³/mol. The summed E-state index contributed by atoms with van der Waals surface area (Å²) < 4.78 is 2.20. The van der Waals surface area contributed by atoms with Crippen LogP contribution in [0.1, 0.15) is 313 Å². The minimum Gasteiger partial charge on any atom is -0.354 e. The molecule has 9 aliphatic rings. The van der Waals surface area contributed by atoms with Crippen molar-refractivity contribution in [3.63, 3.8) is 0 Å². The number of benzene rings is 1. The number of hydrogen-bond donors (Lipinski definition) is 0. The van der Waals surface area contributed by atoms with Crippen molar-refractivity contribution in [2.75, 3.05) is 197 Å². The molecule has 17 heteroatoms. The molecular weight excluding hydrogens is 1500 g/mol. The van der Waals surface area contributed by atoms with Crippen LogP contribution in [0.15, 0.2) is 54.9 Å². The van der Waals surface area contributed by atoms with Crippen LogP contribution in [0.3, 0.4) is 0 Å². The number of rotatable bonds is 28. The molecule has 11 rings (SSSR count). The molecule has 0 radical (unpaired) electrons. The number of Topliss-reactive ketones (excluding diaryl/α,β-unsaturated/α-hetero) is 2. The number of carbonyl (C=O) groups is 5. The van der Waals surface area contributed by atoms with Crippen molar-refractivity contribution in [3.8, 4) is 0 Å². The zero-order chi connectivity index (χ0) is 89.4. The fourth-order valence-electron chi connectivity index (χ4n) is 16.8. The molecule has 0 atom stereocenters. The van der Waals surface area contributed by atoms with E-state index in [1.54, 1.807) is 0 Å². The molecular formula is C104H202N12O5. The molecule has 10 heterocycles. The van der Waals surface area contributed by atoms with Gasteiger partial charge in [0, 0.05) is 117 Å². The van der Waals surface area contributed by atoms with Crippen LogP contribution in [0.5, 0.6) is 0 Å². The number of carbonyl (C=O) groups excluding carboxylic acids is 5. The van der Waals surface area contributed by atoms with Gasteiger partial charge in [-0.1, -0.05) is 229 Å². The molecule has 9 aliphatic heterocycles. The van der Waals surface area contributed by atoms with Gasteiger partial charge in [-0.2, -0.15) is 0 Å². The van der Waals surface area contributed by atoms with E-state index >= 15 is 0 Å². The number of likely N-dealkylation sites (N-methyl/N-ethyl adjacent to an activating group) is 1. The van der Waals surface area contributed by atoms with E-state index in [4.69, 9.17) is 0 Å². The minimum atomic E-state index is -0.277. The molecule has 1 aromatic carbocycles. The van der Waals surface area contributed by atoms with Crippen LogP contribution in [0.25, 0.3) is 0 Å². The summed E-state index contributed by atoms with van der Waals surface area (Å²) in [6, 6.07) is 14.5. The van der Waals surface area contributed by atoms with Crippen molar-refractivity contribution < 1.29 is 24.0 Å². The summed E-state index contributed by atoms with van der Waals surface area (Å²) in [4.78, 5) is 80.8. The maximum atomic E-state index is 12.0. The van der Waals surface area contributed by atoms with Gasteiger partial charge in [-0.05, 0) is 278 Å². The number of ketones is 2.